The van der Waals surface area contributed by atoms with E-state index in [0.29, 0.717) is 0 Å². The Morgan fingerprint density at radius 1 is 1.31 bits per heavy atom. The van der Waals surface area contributed by atoms with E-state index < -0.39 is 0 Å². The average molecular weight is 415 g/mol. The lowest BCUT2D eigenvalue weighted by molar-refractivity contribution is -0.142. The van der Waals surface area contributed by atoms with Crippen molar-refractivity contribution in [1.82, 2.24) is 9.88 Å². The Balaban J connectivity index is 2.05. The maximum Gasteiger partial charge on any atom is 0.314 e. The van der Waals surface area contributed by atoms with Gasteiger partial charge >= 0.3 is 5.97 Å². The first kappa shape index (κ1) is 22.0. The molecule has 0 spiro atoms. The highest BCUT2D eigenvalue weighted by atomic mass is 32.2. The fourth-order valence-electron chi connectivity index (χ4n) is 4.11. The number of hydrogen-bond acceptors (Lipinski definition) is 4. The molecule has 2 heterocycles. The highest BCUT2D eigenvalue weighted by Gasteiger charge is 2.28. The predicted octanol–water partition coefficient (Wildman–Crippen LogP) is 5.88. The molecule has 1 aromatic carbocycles. The van der Waals surface area contributed by atoms with Crippen molar-refractivity contribution in [1.29, 1.82) is 0 Å². The van der Waals surface area contributed by atoms with Crippen LogP contribution in [0.1, 0.15) is 63.1 Å². The first-order valence-electron chi connectivity index (χ1n) is 10.8. The van der Waals surface area contributed by atoms with Crippen LogP contribution in [0.25, 0.3) is 10.9 Å². The Labute approximate surface area is 179 Å². The molecule has 0 amide bonds. The van der Waals surface area contributed by atoms with Gasteiger partial charge in [0.05, 0.1) is 13.0 Å². The third kappa shape index (κ3) is 5.26. The van der Waals surface area contributed by atoms with Crippen molar-refractivity contribution in [3.8, 4) is 0 Å². The molecular formula is C24H34N2O2S. The Morgan fingerprint density at radius 2 is 2.14 bits per heavy atom. The molecule has 0 saturated carbocycles. The number of thioether (sulfide) groups is 1. The molecule has 0 fully saturated rings. The average Bonchev–Trinajstić information content (AvgIpc) is 3.07. The Kier molecular flexibility index (Phi) is 7.84. The van der Waals surface area contributed by atoms with Gasteiger partial charge in [0.15, 0.2) is 0 Å². The number of nitrogens with one attached hydrogen (secondary N) is 1. The third-order valence-corrected chi connectivity index (χ3v) is 6.83. The number of likely N-dealkylation sites (N-methyl/N-ethyl adjacent to an activating group) is 1. The summed E-state index contributed by atoms with van der Waals surface area (Å²) in [7, 11) is 3.66. The van der Waals surface area contributed by atoms with Crippen LogP contribution in [0.5, 0.6) is 0 Å². The molecule has 3 rings (SSSR count). The fourth-order valence-corrected chi connectivity index (χ4v) is 5.14. The van der Waals surface area contributed by atoms with Crippen molar-refractivity contribution in [3.05, 3.63) is 41.1 Å². The summed E-state index contributed by atoms with van der Waals surface area (Å²) >= 11 is 1.92. The fraction of sp³-hybridized carbons (Fsp3) is 0.542. The zero-order valence-electron chi connectivity index (χ0n) is 18.2. The normalized spacial score (nSPS) is 20.1. The number of carbonyl (C=O) groups is 1. The number of allylic oxidation sites excluding steroid dienone is 1. The molecule has 4 nitrogen and oxygen atoms in total. The zero-order chi connectivity index (χ0) is 20.8. The van der Waals surface area contributed by atoms with E-state index in [4.69, 9.17) is 4.74 Å². The maximum atomic E-state index is 12.7. The van der Waals surface area contributed by atoms with Gasteiger partial charge in [0.25, 0.3) is 0 Å². The van der Waals surface area contributed by atoms with Crippen molar-refractivity contribution in [3.63, 3.8) is 0 Å². The molecule has 2 aromatic rings. The van der Waals surface area contributed by atoms with Crippen molar-refractivity contribution >= 4 is 28.6 Å². The number of benzene rings is 1. The van der Waals surface area contributed by atoms with Crippen LogP contribution in [0.3, 0.4) is 0 Å². The van der Waals surface area contributed by atoms with Gasteiger partial charge in [0.1, 0.15) is 0 Å². The second-order valence-electron chi connectivity index (χ2n) is 7.97. The molecule has 0 bridgehead atoms. The number of H-pyrrole nitrogens is 1. The molecule has 29 heavy (non-hydrogen) atoms. The summed E-state index contributed by atoms with van der Waals surface area (Å²) in [5.74, 6) is 0.744. The van der Waals surface area contributed by atoms with Crippen LogP contribution in [0.4, 0.5) is 0 Å². The summed E-state index contributed by atoms with van der Waals surface area (Å²) in [5.41, 5.74) is 4.83. The van der Waals surface area contributed by atoms with Crippen molar-refractivity contribution in [2.75, 3.05) is 26.5 Å². The number of rotatable bonds is 6. The van der Waals surface area contributed by atoms with Gasteiger partial charge in [-0.05, 0) is 62.2 Å². The lowest BCUT2D eigenvalue weighted by Crippen LogP contribution is -2.24. The number of fused-ring (bicyclic) bond motifs is 3. The maximum absolute atomic E-state index is 12.7. The van der Waals surface area contributed by atoms with E-state index in [1.165, 1.54) is 41.4 Å². The third-order valence-electron chi connectivity index (χ3n) is 5.75. The molecule has 0 aliphatic carbocycles. The van der Waals surface area contributed by atoms with Gasteiger partial charge in [0.2, 0.25) is 0 Å². The molecule has 1 aliphatic rings. The van der Waals surface area contributed by atoms with Crippen molar-refractivity contribution in [2.45, 2.75) is 63.3 Å². The van der Waals surface area contributed by atoms with E-state index in [2.05, 4.69) is 55.1 Å². The Hall–Kier alpha value is -1.72. The summed E-state index contributed by atoms with van der Waals surface area (Å²) in [6.07, 6.45) is 7.47. The van der Waals surface area contributed by atoms with Crippen LogP contribution in [-0.2, 0) is 16.1 Å². The first-order chi connectivity index (χ1) is 14.1. The number of unbranched alkanes of at least 4 members (excludes halogenated alkanes) is 1. The quantitative estimate of drug-likeness (QED) is 0.277. The molecule has 1 atom stereocenters. The van der Waals surface area contributed by atoms with Crippen LogP contribution in [0, 0.1) is 0 Å². The van der Waals surface area contributed by atoms with Crippen molar-refractivity contribution < 1.29 is 9.53 Å². The molecule has 1 unspecified atom stereocenters. The molecule has 158 valence electrons. The van der Waals surface area contributed by atoms with Crippen LogP contribution in [-0.4, -0.2) is 42.3 Å². The smallest absolute Gasteiger partial charge is 0.314 e. The highest BCUT2D eigenvalue weighted by Crippen LogP contribution is 2.35. The van der Waals surface area contributed by atoms with Crippen LogP contribution in [0.15, 0.2) is 34.7 Å². The number of carbonyl (C=O) groups excluding carboxylic acids is 1. The zero-order valence-corrected chi connectivity index (χ0v) is 19.0. The van der Waals surface area contributed by atoms with E-state index in [0.717, 1.165) is 49.3 Å². The topological polar surface area (TPSA) is 45.3 Å². The number of ether oxygens (including phenoxy) is 1. The number of nitrogens with zero attached hydrogens (tertiary/aromatic N) is 1. The van der Waals surface area contributed by atoms with Crippen molar-refractivity contribution in [2.24, 2.45) is 0 Å². The SMILES string of the molecule is CCCCSc1ccc2[nH]c3c(c2c1)CN(C)C/C(CC)=C\CCC3C(=O)OC. The van der Waals surface area contributed by atoms with Gasteiger partial charge in [-0.3, -0.25) is 9.69 Å². The molecule has 1 aromatic heterocycles. The lowest BCUT2D eigenvalue weighted by atomic mass is 9.93. The minimum Gasteiger partial charge on any atom is -0.469 e. The second kappa shape index (κ2) is 10.4. The van der Waals surface area contributed by atoms with Crippen LogP contribution >= 0.6 is 11.8 Å². The molecular weight excluding hydrogens is 380 g/mol. The first-order valence-corrected chi connectivity index (χ1v) is 11.8. The molecule has 0 saturated heterocycles. The van der Waals surface area contributed by atoms with Crippen LogP contribution in [0.2, 0.25) is 0 Å². The van der Waals surface area contributed by atoms with E-state index in [-0.39, 0.29) is 11.9 Å². The molecule has 1 N–H and O–H groups in total. The van der Waals surface area contributed by atoms with Gasteiger partial charge in [-0.1, -0.05) is 31.9 Å². The van der Waals surface area contributed by atoms with E-state index in [1.54, 1.807) is 0 Å². The standard InChI is InChI=1S/C24H34N2O2S/c1-5-7-13-29-18-11-12-22-20(14-18)21-16-26(3)15-17(6-2)9-8-10-19(23(21)25-22)24(27)28-4/h9,11-12,14,19,25H,5-8,10,13,15-16H2,1-4H3/b17-9-. The highest BCUT2D eigenvalue weighted by molar-refractivity contribution is 7.99. The summed E-state index contributed by atoms with van der Waals surface area (Å²) < 4.78 is 5.18. The number of esters is 1. The van der Waals surface area contributed by atoms with Gasteiger partial charge in [-0.25, -0.2) is 0 Å². The molecule has 5 heteroatoms. The minimum atomic E-state index is -0.251. The Bertz CT molecular complexity index is 871. The van der Waals surface area contributed by atoms with Gasteiger partial charge in [-0.2, -0.15) is 0 Å². The monoisotopic (exact) mass is 414 g/mol. The predicted molar refractivity (Wildman–Crippen MR) is 123 cm³/mol. The van der Waals surface area contributed by atoms with E-state index >= 15 is 0 Å². The largest absolute Gasteiger partial charge is 0.469 e. The van der Waals surface area contributed by atoms with E-state index in [9.17, 15) is 4.79 Å². The number of hydrogen-bond donors (Lipinski definition) is 1. The summed E-state index contributed by atoms with van der Waals surface area (Å²) in [6.45, 7) is 6.23. The number of aromatic amines is 1. The van der Waals surface area contributed by atoms with Gasteiger partial charge in [0, 0.05) is 34.6 Å². The summed E-state index contributed by atoms with van der Waals surface area (Å²) in [4.78, 5) is 19.9. The molecule has 0 radical (unpaired) electrons. The van der Waals surface area contributed by atoms with Gasteiger partial charge < -0.3 is 9.72 Å². The van der Waals surface area contributed by atoms with Gasteiger partial charge in [-0.15, -0.1) is 11.8 Å². The summed E-state index contributed by atoms with van der Waals surface area (Å²) in [5, 5.41) is 1.24. The molecule has 1 aliphatic heterocycles. The van der Waals surface area contributed by atoms with Crippen LogP contribution < -0.4 is 0 Å². The lowest BCUT2D eigenvalue weighted by Gasteiger charge is -2.23. The number of methoxy groups -OCH3 is 1. The number of aromatic nitrogens is 1. The second-order valence-corrected chi connectivity index (χ2v) is 9.14. The Morgan fingerprint density at radius 3 is 2.86 bits per heavy atom. The minimum absolute atomic E-state index is 0.148. The van der Waals surface area contributed by atoms with E-state index in [1.807, 2.05) is 11.8 Å². The summed E-state index contributed by atoms with van der Waals surface area (Å²) in [6, 6.07) is 6.66.